The maximum absolute atomic E-state index is 12.2. The number of nitrogens with zero attached hydrogens (tertiary/aromatic N) is 1. The summed E-state index contributed by atoms with van der Waals surface area (Å²) in [6.07, 6.45) is 3.04. The lowest BCUT2D eigenvalue weighted by molar-refractivity contribution is -0.139. The summed E-state index contributed by atoms with van der Waals surface area (Å²) in [4.78, 5) is 36.0. The highest BCUT2D eigenvalue weighted by molar-refractivity contribution is 9.10. The molecule has 0 unspecified atom stereocenters. The van der Waals surface area contributed by atoms with Crippen LogP contribution in [-0.4, -0.2) is 49.8 Å². The number of carbonyl (C=O) groups is 3. The van der Waals surface area contributed by atoms with Crippen LogP contribution >= 0.6 is 27.5 Å². The zero-order valence-corrected chi connectivity index (χ0v) is 19.8. The number of carbonyl (C=O) groups excluding carboxylic acids is 3. The molecular weight excluding hydrogens is 516 g/mol. The molecule has 0 aliphatic carbocycles. The van der Waals surface area contributed by atoms with Crippen LogP contribution in [0.1, 0.15) is 18.4 Å². The number of benzene rings is 2. The fraction of sp³-hybridized carbons (Fsp3) is 0.273. The topological polar surface area (TPSA) is 118 Å². The highest BCUT2D eigenvalue weighted by atomic mass is 79.9. The van der Waals surface area contributed by atoms with Crippen LogP contribution in [0, 0.1) is 0 Å². The molecule has 0 spiro atoms. The number of hydrazone groups is 1. The normalized spacial score (nSPS) is 15.3. The molecule has 1 fully saturated rings. The van der Waals surface area contributed by atoms with E-state index in [2.05, 4.69) is 37.1 Å². The van der Waals surface area contributed by atoms with Gasteiger partial charge in [-0.25, -0.2) is 5.43 Å². The Balaban J connectivity index is 1.51. The van der Waals surface area contributed by atoms with E-state index in [4.69, 9.17) is 21.1 Å². The number of hydrogen-bond acceptors (Lipinski definition) is 6. The van der Waals surface area contributed by atoms with Crippen molar-refractivity contribution in [2.75, 3.05) is 25.1 Å². The second-order valence-electron chi connectivity index (χ2n) is 7.07. The van der Waals surface area contributed by atoms with Gasteiger partial charge in [-0.1, -0.05) is 33.6 Å². The average molecular weight is 538 g/mol. The van der Waals surface area contributed by atoms with E-state index in [1.54, 1.807) is 42.5 Å². The van der Waals surface area contributed by atoms with E-state index >= 15 is 0 Å². The number of halogens is 2. The maximum atomic E-state index is 12.2. The number of nitrogens with one attached hydrogen (secondary N) is 3. The summed E-state index contributed by atoms with van der Waals surface area (Å²) in [7, 11) is 0. The van der Waals surface area contributed by atoms with E-state index in [1.165, 1.54) is 6.21 Å². The zero-order chi connectivity index (χ0) is 23.6. The van der Waals surface area contributed by atoms with Crippen molar-refractivity contribution in [3.63, 3.8) is 0 Å². The number of rotatable bonds is 8. The molecule has 1 aliphatic heterocycles. The van der Waals surface area contributed by atoms with Gasteiger partial charge in [0, 0.05) is 33.9 Å². The fourth-order valence-electron chi connectivity index (χ4n) is 2.96. The monoisotopic (exact) mass is 536 g/mol. The van der Waals surface area contributed by atoms with Gasteiger partial charge in [-0.05, 0) is 49.2 Å². The van der Waals surface area contributed by atoms with Crippen molar-refractivity contribution in [2.45, 2.75) is 18.9 Å². The predicted octanol–water partition coefficient (Wildman–Crippen LogP) is 2.87. The highest BCUT2D eigenvalue weighted by Crippen LogP contribution is 2.22. The highest BCUT2D eigenvalue weighted by Gasteiger charge is 2.19. The molecule has 0 saturated carbocycles. The van der Waals surface area contributed by atoms with Crippen LogP contribution in [0.3, 0.4) is 0 Å². The lowest BCUT2D eigenvalue weighted by atomic mass is 10.2. The summed E-state index contributed by atoms with van der Waals surface area (Å²) in [5.41, 5.74) is 3.21. The summed E-state index contributed by atoms with van der Waals surface area (Å²) in [6, 6.07) is 11.8. The number of ether oxygens (including phenoxy) is 2. The van der Waals surface area contributed by atoms with Gasteiger partial charge in [0.05, 0.1) is 12.3 Å². The lowest BCUT2D eigenvalue weighted by Crippen LogP contribution is -2.41. The van der Waals surface area contributed by atoms with Crippen LogP contribution in [0.25, 0.3) is 0 Å². The van der Waals surface area contributed by atoms with E-state index in [0.717, 1.165) is 17.3 Å². The molecule has 1 atom stereocenters. The molecule has 0 radical (unpaired) electrons. The van der Waals surface area contributed by atoms with Gasteiger partial charge in [0.2, 0.25) is 0 Å². The molecular formula is C22H22BrClN4O5. The van der Waals surface area contributed by atoms with E-state index < -0.39 is 11.8 Å². The molecule has 3 N–H and O–H groups in total. The molecule has 174 valence electrons. The summed E-state index contributed by atoms with van der Waals surface area (Å²) < 4.78 is 11.7. The second kappa shape index (κ2) is 12.3. The summed E-state index contributed by atoms with van der Waals surface area (Å²) in [5, 5.41) is 9.52. The summed E-state index contributed by atoms with van der Waals surface area (Å²) in [6.45, 7) is 0.681. The van der Waals surface area contributed by atoms with Crippen molar-refractivity contribution in [1.82, 2.24) is 10.7 Å². The minimum absolute atomic E-state index is 0.0669. The largest absolute Gasteiger partial charge is 0.483 e. The molecule has 1 heterocycles. The van der Waals surface area contributed by atoms with Crippen LogP contribution in [0.15, 0.2) is 52.0 Å². The van der Waals surface area contributed by atoms with Crippen LogP contribution in [0.4, 0.5) is 5.69 Å². The van der Waals surface area contributed by atoms with Crippen molar-refractivity contribution < 1.29 is 23.9 Å². The van der Waals surface area contributed by atoms with E-state index in [0.29, 0.717) is 28.6 Å². The zero-order valence-electron chi connectivity index (χ0n) is 17.5. The van der Waals surface area contributed by atoms with Crippen molar-refractivity contribution >= 4 is 57.2 Å². The third-order valence-corrected chi connectivity index (χ3v) is 5.26. The number of amides is 3. The minimum atomic E-state index is -0.900. The molecule has 9 nitrogen and oxygen atoms in total. The fourth-order valence-corrected chi connectivity index (χ4v) is 3.53. The molecule has 11 heteroatoms. The number of anilines is 1. The van der Waals surface area contributed by atoms with Crippen LogP contribution in [0.2, 0.25) is 5.02 Å². The van der Waals surface area contributed by atoms with E-state index in [9.17, 15) is 14.4 Å². The smallest absolute Gasteiger partial charge is 0.329 e. The van der Waals surface area contributed by atoms with E-state index in [1.807, 2.05) is 0 Å². The molecule has 1 saturated heterocycles. The van der Waals surface area contributed by atoms with Crippen molar-refractivity contribution in [3.05, 3.63) is 57.5 Å². The van der Waals surface area contributed by atoms with E-state index in [-0.39, 0.29) is 25.2 Å². The van der Waals surface area contributed by atoms with Crippen molar-refractivity contribution in [2.24, 2.45) is 5.10 Å². The second-order valence-corrected chi connectivity index (χ2v) is 8.43. The van der Waals surface area contributed by atoms with Gasteiger partial charge < -0.3 is 20.1 Å². The SMILES string of the molecule is O=C(COc1ccc(Br)cc1/C=N\NC(=O)C(=O)NC[C@H]1CCCO1)Nc1cccc(Cl)c1. The van der Waals surface area contributed by atoms with Crippen molar-refractivity contribution in [1.29, 1.82) is 0 Å². The quantitative estimate of drug-likeness (QED) is 0.272. The van der Waals surface area contributed by atoms with Gasteiger partial charge >= 0.3 is 11.8 Å². The predicted molar refractivity (Wildman–Crippen MR) is 127 cm³/mol. The third kappa shape index (κ3) is 8.16. The van der Waals surface area contributed by atoms with Gasteiger partial charge in [0.1, 0.15) is 5.75 Å². The Morgan fingerprint density at radius 3 is 2.82 bits per heavy atom. The maximum Gasteiger partial charge on any atom is 0.329 e. The Bertz CT molecular complexity index is 1040. The summed E-state index contributed by atoms with van der Waals surface area (Å²) in [5.74, 6) is -1.71. The van der Waals surface area contributed by atoms with Gasteiger partial charge in [-0.2, -0.15) is 5.10 Å². The van der Waals surface area contributed by atoms with Gasteiger partial charge in [0.25, 0.3) is 5.91 Å². The molecule has 3 rings (SSSR count). The Morgan fingerprint density at radius 1 is 1.21 bits per heavy atom. The molecule has 3 amide bonds. The van der Waals surface area contributed by atoms with Crippen LogP contribution in [0.5, 0.6) is 5.75 Å². The molecule has 2 aromatic rings. The molecule has 0 aromatic heterocycles. The average Bonchev–Trinajstić information content (AvgIpc) is 3.30. The molecule has 33 heavy (non-hydrogen) atoms. The lowest BCUT2D eigenvalue weighted by Gasteiger charge is -2.11. The Hall–Kier alpha value is -2.95. The number of hydrogen-bond donors (Lipinski definition) is 3. The first-order valence-electron chi connectivity index (χ1n) is 10.1. The Kier molecular flexibility index (Phi) is 9.23. The standard InChI is InChI=1S/C22H22BrClN4O5/c23-15-6-7-19(33-13-20(29)27-17-4-1-3-16(24)10-17)14(9-15)11-26-28-22(31)21(30)25-12-18-5-2-8-32-18/h1,3-4,6-7,9-11,18H,2,5,8,12-13H2,(H,25,30)(H,27,29)(H,28,31)/b26-11-/t18-/m1/s1. The Labute approximate surface area is 204 Å². The third-order valence-electron chi connectivity index (χ3n) is 4.53. The molecule has 2 aromatic carbocycles. The molecule has 1 aliphatic rings. The first-order valence-corrected chi connectivity index (χ1v) is 11.3. The first-order chi connectivity index (χ1) is 15.9. The summed E-state index contributed by atoms with van der Waals surface area (Å²) >= 11 is 9.26. The van der Waals surface area contributed by atoms with Crippen LogP contribution in [-0.2, 0) is 19.1 Å². The van der Waals surface area contributed by atoms with Gasteiger partial charge in [-0.3, -0.25) is 14.4 Å². The molecule has 0 bridgehead atoms. The van der Waals surface area contributed by atoms with Gasteiger partial charge in [0.15, 0.2) is 6.61 Å². The first kappa shape index (κ1) is 24.7. The van der Waals surface area contributed by atoms with Crippen molar-refractivity contribution in [3.8, 4) is 5.75 Å². The van der Waals surface area contributed by atoms with Gasteiger partial charge in [-0.15, -0.1) is 0 Å². The minimum Gasteiger partial charge on any atom is -0.483 e. The Morgan fingerprint density at radius 2 is 2.06 bits per heavy atom. The van der Waals surface area contributed by atoms with Crippen LogP contribution < -0.4 is 20.8 Å².